The predicted octanol–water partition coefficient (Wildman–Crippen LogP) is 2.68. The third-order valence-electron chi connectivity index (χ3n) is 6.32. The Balaban J connectivity index is 1.58. The number of amides is 4. The molecule has 0 bridgehead atoms. The molecule has 0 aromatic carbocycles. The lowest BCUT2D eigenvalue weighted by atomic mass is 9.65. The molecular formula is C19H28N4O3S. The van der Waals surface area contributed by atoms with Gasteiger partial charge in [0.2, 0.25) is 5.91 Å². The van der Waals surface area contributed by atoms with Crippen LogP contribution >= 0.6 is 11.3 Å². The van der Waals surface area contributed by atoms with Crippen LogP contribution in [0.5, 0.6) is 0 Å². The van der Waals surface area contributed by atoms with Gasteiger partial charge in [-0.2, -0.15) is 0 Å². The van der Waals surface area contributed by atoms with Crippen molar-refractivity contribution in [1.29, 1.82) is 0 Å². The standard InChI is InChI=1S/C19H28N4O3S/c1-4-18(2,3)13-5-7-19(8-6-13)16(25)23(17(26)22-19)12-14(24)21-11-15-20-9-10-27-15/h9-10,13H,4-8,11-12H2,1-3H3,(H,21,24)(H,22,26). The van der Waals surface area contributed by atoms with Gasteiger partial charge in [0.1, 0.15) is 17.1 Å². The molecule has 1 aromatic heterocycles. The maximum absolute atomic E-state index is 12.9. The van der Waals surface area contributed by atoms with Gasteiger partial charge in [-0.3, -0.25) is 14.5 Å². The fourth-order valence-electron chi connectivity index (χ4n) is 4.05. The zero-order chi connectivity index (χ0) is 19.7. The summed E-state index contributed by atoms with van der Waals surface area (Å²) in [5.74, 6) is -0.0651. The van der Waals surface area contributed by atoms with Gasteiger partial charge in [0, 0.05) is 11.6 Å². The zero-order valence-electron chi connectivity index (χ0n) is 16.2. The number of carbonyl (C=O) groups is 3. The van der Waals surface area contributed by atoms with Crippen molar-refractivity contribution in [3.05, 3.63) is 16.6 Å². The number of aromatic nitrogens is 1. The molecule has 1 saturated heterocycles. The number of nitrogens with one attached hydrogen (secondary N) is 2. The van der Waals surface area contributed by atoms with E-state index < -0.39 is 11.6 Å². The van der Waals surface area contributed by atoms with E-state index in [9.17, 15) is 14.4 Å². The summed E-state index contributed by atoms with van der Waals surface area (Å²) in [5.41, 5.74) is -0.588. The molecule has 0 unspecified atom stereocenters. The molecule has 1 aliphatic heterocycles. The van der Waals surface area contributed by atoms with Crippen LogP contribution in [0.3, 0.4) is 0 Å². The lowest BCUT2D eigenvalue weighted by Crippen LogP contribution is -2.51. The van der Waals surface area contributed by atoms with E-state index in [1.54, 1.807) is 6.20 Å². The Morgan fingerprint density at radius 1 is 1.41 bits per heavy atom. The normalized spacial score (nSPS) is 25.7. The van der Waals surface area contributed by atoms with Crippen LogP contribution in [0.4, 0.5) is 4.79 Å². The van der Waals surface area contributed by atoms with Crippen molar-refractivity contribution in [2.75, 3.05) is 6.54 Å². The summed E-state index contributed by atoms with van der Waals surface area (Å²) in [5, 5.41) is 8.21. The van der Waals surface area contributed by atoms with E-state index >= 15 is 0 Å². The van der Waals surface area contributed by atoms with Crippen molar-refractivity contribution in [1.82, 2.24) is 20.5 Å². The topological polar surface area (TPSA) is 91.4 Å². The Labute approximate surface area is 163 Å². The highest BCUT2D eigenvalue weighted by molar-refractivity contribution is 7.09. The van der Waals surface area contributed by atoms with Crippen LogP contribution in [-0.4, -0.2) is 39.8 Å². The molecule has 27 heavy (non-hydrogen) atoms. The zero-order valence-corrected chi connectivity index (χ0v) is 17.0. The first-order valence-corrected chi connectivity index (χ1v) is 10.4. The van der Waals surface area contributed by atoms with Gasteiger partial charge in [-0.15, -0.1) is 11.3 Å². The highest BCUT2D eigenvalue weighted by atomic mass is 32.1. The van der Waals surface area contributed by atoms with Crippen LogP contribution in [-0.2, 0) is 16.1 Å². The highest BCUT2D eigenvalue weighted by Gasteiger charge is 2.53. The van der Waals surface area contributed by atoms with E-state index in [1.165, 1.54) is 11.3 Å². The summed E-state index contributed by atoms with van der Waals surface area (Å²) in [7, 11) is 0. The second kappa shape index (κ2) is 7.58. The number of hydrogen-bond donors (Lipinski definition) is 2. The summed E-state index contributed by atoms with van der Waals surface area (Å²) in [6.45, 7) is 6.79. The average Bonchev–Trinajstić information content (AvgIpc) is 3.24. The fraction of sp³-hybridized carbons (Fsp3) is 0.684. The maximum atomic E-state index is 12.9. The molecule has 7 nitrogen and oxygen atoms in total. The first-order valence-electron chi connectivity index (χ1n) is 9.56. The summed E-state index contributed by atoms with van der Waals surface area (Å²) in [6, 6.07) is -0.461. The quantitative estimate of drug-likeness (QED) is 0.728. The molecule has 1 aromatic rings. The number of thiazole rings is 1. The van der Waals surface area contributed by atoms with Crippen LogP contribution < -0.4 is 10.6 Å². The molecule has 2 fully saturated rings. The number of rotatable bonds is 6. The smallest absolute Gasteiger partial charge is 0.325 e. The number of urea groups is 1. The first kappa shape index (κ1) is 19.8. The molecule has 1 spiro atoms. The Kier molecular flexibility index (Phi) is 5.55. The Morgan fingerprint density at radius 2 is 2.11 bits per heavy atom. The van der Waals surface area contributed by atoms with E-state index in [2.05, 4.69) is 36.4 Å². The van der Waals surface area contributed by atoms with Crippen molar-refractivity contribution in [3.8, 4) is 0 Å². The van der Waals surface area contributed by atoms with Gasteiger partial charge < -0.3 is 10.6 Å². The lowest BCUT2D eigenvalue weighted by Gasteiger charge is -2.42. The number of imide groups is 1. The molecule has 3 rings (SSSR count). The minimum absolute atomic E-state index is 0.239. The number of carbonyl (C=O) groups excluding carboxylic acids is 3. The summed E-state index contributed by atoms with van der Waals surface area (Å²) in [4.78, 5) is 42.6. The van der Waals surface area contributed by atoms with Gasteiger partial charge in [-0.05, 0) is 37.0 Å². The van der Waals surface area contributed by atoms with Crippen LogP contribution in [0.1, 0.15) is 57.9 Å². The van der Waals surface area contributed by atoms with Gasteiger partial charge in [-0.1, -0.05) is 27.2 Å². The second-order valence-corrected chi connectivity index (χ2v) is 9.20. The van der Waals surface area contributed by atoms with Crippen LogP contribution in [0.25, 0.3) is 0 Å². The lowest BCUT2D eigenvalue weighted by molar-refractivity contribution is -0.136. The maximum Gasteiger partial charge on any atom is 0.325 e. The van der Waals surface area contributed by atoms with Crippen molar-refractivity contribution >= 4 is 29.2 Å². The molecular weight excluding hydrogens is 364 g/mol. The molecule has 4 amide bonds. The minimum Gasteiger partial charge on any atom is -0.348 e. The SMILES string of the molecule is CCC(C)(C)C1CCC2(CC1)NC(=O)N(CC(=O)NCc1nccs1)C2=O. The van der Waals surface area contributed by atoms with Crippen molar-refractivity contribution < 1.29 is 14.4 Å². The molecule has 0 radical (unpaired) electrons. The molecule has 1 aliphatic carbocycles. The third-order valence-corrected chi connectivity index (χ3v) is 7.10. The second-order valence-electron chi connectivity index (χ2n) is 8.22. The van der Waals surface area contributed by atoms with Crippen molar-refractivity contribution in [2.24, 2.45) is 11.3 Å². The first-order chi connectivity index (χ1) is 12.8. The monoisotopic (exact) mass is 392 g/mol. The van der Waals surface area contributed by atoms with Crippen molar-refractivity contribution in [3.63, 3.8) is 0 Å². The molecule has 8 heteroatoms. The van der Waals surface area contributed by atoms with E-state index in [-0.39, 0.29) is 23.8 Å². The van der Waals surface area contributed by atoms with E-state index in [1.807, 2.05) is 5.38 Å². The van der Waals surface area contributed by atoms with E-state index in [0.29, 0.717) is 25.3 Å². The predicted molar refractivity (Wildman–Crippen MR) is 103 cm³/mol. The van der Waals surface area contributed by atoms with Gasteiger partial charge >= 0.3 is 6.03 Å². The average molecular weight is 393 g/mol. The molecule has 1 saturated carbocycles. The molecule has 2 aliphatic rings. The van der Waals surface area contributed by atoms with E-state index in [0.717, 1.165) is 29.2 Å². The van der Waals surface area contributed by atoms with Gasteiger partial charge in [0.05, 0.1) is 6.54 Å². The molecule has 148 valence electrons. The van der Waals surface area contributed by atoms with Crippen LogP contribution in [0, 0.1) is 11.3 Å². The largest absolute Gasteiger partial charge is 0.348 e. The van der Waals surface area contributed by atoms with Gasteiger partial charge in [0.15, 0.2) is 0 Å². The fourth-order valence-corrected chi connectivity index (χ4v) is 4.61. The number of hydrogen-bond acceptors (Lipinski definition) is 5. The van der Waals surface area contributed by atoms with Crippen molar-refractivity contribution in [2.45, 2.75) is 65.0 Å². The minimum atomic E-state index is -0.826. The molecule has 2 N–H and O–H groups in total. The Hall–Kier alpha value is -1.96. The summed E-state index contributed by atoms with van der Waals surface area (Å²) < 4.78 is 0. The Morgan fingerprint density at radius 3 is 2.70 bits per heavy atom. The van der Waals surface area contributed by atoms with Gasteiger partial charge in [0.25, 0.3) is 5.91 Å². The highest BCUT2D eigenvalue weighted by Crippen LogP contribution is 2.45. The van der Waals surface area contributed by atoms with Crippen LogP contribution in [0.2, 0.25) is 0 Å². The molecule has 0 atom stereocenters. The van der Waals surface area contributed by atoms with Gasteiger partial charge in [-0.25, -0.2) is 9.78 Å². The van der Waals surface area contributed by atoms with Crippen LogP contribution in [0.15, 0.2) is 11.6 Å². The van der Waals surface area contributed by atoms with E-state index in [4.69, 9.17) is 0 Å². The number of nitrogens with zero attached hydrogens (tertiary/aromatic N) is 2. The third kappa shape index (κ3) is 4.00. The summed E-state index contributed by atoms with van der Waals surface area (Å²) >= 11 is 1.44. The molecule has 2 heterocycles. The summed E-state index contributed by atoms with van der Waals surface area (Å²) in [6.07, 6.45) is 5.87. The Bertz CT molecular complexity index is 709.